The Bertz CT molecular complexity index is 984. The lowest BCUT2D eigenvalue weighted by Gasteiger charge is -2.26. The number of hydrogen-bond acceptors (Lipinski definition) is 4. The minimum absolute atomic E-state index is 0.173. The van der Waals surface area contributed by atoms with Crippen molar-refractivity contribution in [2.45, 2.75) is 19.6 Å². The summed E-state index contributed by atoms with van der Waals surface area (Å²) in [5.74, 6) is 0.358. The Kier molecular flexibility index (Phi) is 5.08. The molecule has 1 atom stereocenters. The van der Waals surface area contributed by atoms with Gasteiger partial charge in [-0.25, -0.2) is 9.07 Å². The molecule has 0 fully saturated rings. The summed E-state index contributed by atoms with van der Waals surface area (Å²) < 4.78 is 20.6. The summed E-state index contributed by atoms with van der Waals surface area (Å²) in [4.78, 5) is 12.3. The first kappa shape index (κ1) is 18.2. The molecule has 0 saturated carbocycles. The molecule has 0 radical (unpaired) electrons. The summed E-state index contributed by atoms with van der Waals surface area (Å²) in [6.45, 7) is 3.55. The molecule has 4 rings (SSSR count). The number of carbonyl (C=O) groups excluding carboxylic acids is 1. The minimum Gasteiger partial charge on any atom is -0.494 e. The SMILES string of the molecule is CCOc1ccccc1CN[C@H]1CNC(=O)c2cc(-c3ccc(F)cc3)nn21. The molecule has 7 heteroatoms. The van der Waals surface area contributed by atoms with Crippen molar-refractivity contribution in [2.75, 3.05) is 13.2 Å². The number of aromatic nitrogens is 2. The number of fused-ring (bicyclic) bond motifs is 1. The summed E-state index contributed by atoms with van der Waals surface area (Å²) in [5.41, 5.74) is 2.90. The summed E-state index contributed by atoms with van der Waals surface area (Å²) in [6, 6.07) is 15.7. The standard InChI is InChI=1S/C21H21FN4O2/c1-2-28-19-6-4-3-5-15(19)12-23-20-13-24-21(27)18-11-17(25-26(18)20)14-7-9-16(22)10-8-14/h3-11,20,23H,2,12-13H2,1H3,(H,24,27)/t20-/m1/s1. The molecular weight excluding hydrogens is 359 g/mol. The molecule has 28 heavy (non-hydrogen) atoms. The molecule has 144 valence electrons. The van der Waals surface area contributed by atoms with E-state index in [1.807, 2.05) is 31.2 Å². The van der Waals surface area contributed by atoms with Crippen molar-refractivity contribution in [1.82, 2.24) is 20.4 Å². The van der Waals surface area contributed by atoms with Crippen molar-refractivity contribution in [3.8, 4) is 17.0 Å². The Balaban J connectivity index is 1.57. The van der Waals surface area contributed by atoms with E-state index < -0.39 is 0 Å². The first-order valence-corrected chi connectivity index (χ1v) is 9.23. The fourth-order valence-electron chi connectivity index (χ4n) is 3.26. The normalized spacial score (nSPS) is 15.8. The van der Waals surface area contributed by atoms with Gasteiger partial charge in [-0.3, -0.25) is 10.1 Å². The zero-order chi connectivity index (χ0) is 19.5. The van der Waals surface area contributed by atoms with Gasteiger partial charge in [-0.05, 0) is 43.3 Å². The van der Waals surface area contributed by atoms with Crippen LogP contribution in [0, 0.1) is 5.82 Å². The van der Waals surface area contributed by atoms with Gasteiger partial charge in [0, 0.05) is 17.7 Å². The third-order valence-corrected chi connectivity index (χ3v) is 4.66. The van der Waals surface area contributed by atoms with Crippen LogP contribution in [0.4, 0.5) is 4.39 Å². The lowest BCUT2D eigenvalue weighted by atomic mass is 10.1. The molecule has 2 N–H and O–H groups in total. The van der Waals surface area contributed by atoms with Crippen LogP contribution in [0.15, 0.2) is 54.6 Å². The fourth-order valence-corrected chi connectivity index (χ4v) is 3.26. The lowest BCUT2D eigenvalue weighted by Crippen LogP contribution is -2.45. The second kappa shape index (κ2) is 7.82. The lowest BCUT2D eigenvalue weighted by molar-refractivity contribution is 0.0900. The summed E-state index contributed by atoms with van der Waals surface area (Å²) in [6.07, 6.45) is -0.198. The topological polar surface area (TPSA) is 68.2 Å². The molecule has 0 bridgehead atoms. The van der Waals surface area contributed by atoms with Gasteiger partial charge < -0.3 is 10.1 Å². The molecule has 1 aliphatic heterocycles. The number of carbonyl (C=O) groups is 1. The van der Waals surface area contributed by atoms with E-state index in [1.165, 1.54) is 12.1 Å². The van der Waals surface area contributed by atoms with Gasteiger partial charge in [-0.1, -0.05) is 18.2 Å². The van der Waals surface area contributed by atoms with E-state index in [4.69, 9.17) is 4.74 Å². The van der Waals surface area contributed by atoms with Gasteiger partial charge in [-0.2, -0.15) is 5.10 Å². The highest BCUT2D eigenvalue weighted by atomic mass is 19.1. The maximum atomic E-state index is 13.2. The molecule has 1 aromatic heterocycles. The van der Waals surface area contributed by atoms with E-state index in [0.29, 0.717) is 31.1 Å². The molecule has 0 unspecified atom stereocenters. The van der Waals surface area contributed by atoms with Crippen LogP contribution in [-0.2, 0) is 6.54 Å². The summed E-state index contributed by atoms with van der Waals surface area (Å²) >= 11 is 0. The highest BCUT2D eigenvalue weighted by molar-refractivity contribution is 5.94. The molecule has 6 nitrogen and oxygen atoms in total. The maximum Gasteiger partial charge on any atom is 0.269 e. The average molecular weight is 380 g/mol. The van der Waals surface area contributed by atoms with Crippen LogP contribution in [0.2, 0.25) is 0 Å². The number of para-hydroxylation sites is 1. The van der Waals surface area contributed by atoms with Crippen LogP contribution in [0.1, 0.15) is 29.1 Å². The second-order valence-electron chi connectivity index (χ2n) is 6.51. The Morgan fingerprint density at radius 1 is 1.25 bits per heavy atom. The zero-order valence-corrected chi connectivity index (χ0v) is 15.5. The highest BCUT2D eigenvalue weighted by Crippen LogP contribution is 2.24. The zero-order valence-electron chi connectivity index (χ0n) is 15.5. The van der Waals surface area contributed by atoms with Crippen molar-refractivity contribution in [2.24, 2.45) is 0 Å². The number of ether oxygens (including phenoxy) is 1. The van der Waals surface area contributed by atoms with Gasteiger partial charge in [0.15, 0.2) is 0 Å². The molecule has 1 aliphatic rings. The fraction of sp³-hybridized carbons (Fsp3) is 0.238. The van der Waals surface area contributed by atoms with E-state index in [0.717, 1.165) is 16.9 Å². The first-order valence-electron chi connectivity index (χ1n) is 9.23. The van der Waals surface area contributed by atoms with Gasteiger partial charge in [0.25, 0.3) is 5.91 Å². The predicted octanol–water partition coefficient (Wildman–Crippen LogP) is 3.12. The number of benzene rings is 2. The number of halogens is 1. The van der Waals surface area contributed by atoms with Gasteiger partial charge in [0.2, 0.25) is 0 Å². The Labute approximate surface area is 162 Å². The first-order chi connectivity index (χ1) is 13.7. The Morgan fingerprint density at radius 3 is 2.82 bits per heavy atom. The van der Waals surface area contributed by atoms with Crippen LogP contribution in [0.25, 0.3) is 11.3 Å². The van der Waals surface area contributed by atoms with E-state index in [9.17, 15) is 9.18 Å². The van der Waals surface area contributed by atoms with Crippen LogP contribution in [0.5, 0.6) is 5.75 Å². The smallest absolute Gasteiger partial charge is 0.269 e. The van der Waals surface area contributed by atoms with Crippen molar-refractivity contribution in [3.63, 3.8) is 0 Å². The summed E-state index contributed by atoms with van der Waals surface area (Å²) in [5, 5.41) is 10.9. The minimum atomic E-state index is -0.307. The molecule has 2 aromatic carbocycles. The molecular formula is C21H21FN4O2. The second-order valence-corrected chi connectivity index (χ2v) is 6.51. The van der Waals surface area contributed by atoms with Crippen molar-refractivity contribution in [1.29, 1.82) is 0 Å². The van der Waals surface area contributed by atoms with Crippen LogP contribution < -0.4 is 15.4 Å². The van der Waals surface area contributed by atoms with Gasteiger partial charge >= 0.3 is 0 Å². The van der Waals surface area contributed by atoms with Gasteiger partial charge in [-0.15, -0.1) is 0 Å². The molecule has 2 heterocycles. The molecule has 0 spiro atoms. The number of hydrogen-bond donors (Lipinski definition) is 2. The Hall–Kier alpha value is -3.19. The van der Waals surface area contributed by atoms with E-state index >= 15 is 0 Å². The van der Waals surface area contributed by atoms with Crippen molar-refractivity contribution < 1.29 is 13.9 Å². The highest BCUT2D eigenvalue weighted by Gasteiger charge is 2.27. The van der Waals surface area contributed by atoms with E-state index in [2.05, 4.69) is 15.7 Å². The number of nitrogens with one attached hydrogen (secondary N) is 2. The number of rotatable bonds is 6. The molecule has 3 aromatic rings. The third-order valence-electron chi connectivity index (χ3n) is 4.66. The van der Waals surface area contributed by atoms with Gasteiger partial charge in [0.05, 0.1) is 18.8 Å². The van der Waals surface area contributed by atoms with Crippen LogP contribution >= 0.6 is 0 Å². The van der Waals surface area contributed by atoms with Crippen LogP contribution in [0.3, 0.4) is 0 Å². The van der Waals surface area contributed by atoms with Crippen LogP contribution in [-0.4, -0.2) is 28.8 Å². The quantitative estimate of drug-likeness (QED) is 0.690. The predicted molar refractivity (Wildman–Crippen MR) is 103 cm³/mol. The van der Waals surface area contributed by atoms with Crippen molar-refractivity contribution in [3.05, 3.63) is 71.7 Å². The molecule has 1 amide bonds. The van der Waals surface area contributed by atoms with E-state index in [-0.39, 0.29) is 17.9 Å². The molecule has 0 saturated heterocycles. The number of nitrogens with zero attached hydrogens (tertiary/aromatic N) is 2. The molecule has 0 aliphatic carbocycles. The largest absolute Gasteiger partial charge is 0.494 e. The maximum absolute atomic E-state index is 13.2. The monoisotopic (exact) mass is 380 g/mol. The van der Waals surface area contributed by atoms with Gasteiger partial charge in [0.1, 0.15) is 23.4 Å². The van der Waals surface area contributed by atoms with Crippen molar-refractivity contribution >= 4 is 5.91 Å². The van der Waals surface area contributed by atoms with E-state index in [1.54, 1.807) is 22.9 Å². The number of amides is 1. The average Bonchev–Trinajstić information content (AvgIpc) is 3.16. The Morgan fingerprint density at radius 2 is 2.04 bits per heavy atom. The third kappa shape index (κ3) is 3.61. The summed E-state index contributed by atoms with van der Waals surface area (Å²) in [7, 11) is 0.